The second-order valence-electron chi connectivity index (χ2n) is 6.92. The largest absolute Gasteiger partial charge is 0.341 e. The van der Waals surface area contributed by atoms with E-state index in [1.165, 1.54) is 18.6 Å². The van der Waals surface area contributed by atoms with Gasteiger partial charge in [0.05, 0.1) is 18.2 Å². The summed E-state index contributed by atoms with van der Waals surface area (Å²) < 4.78 is 15.6. The Balaban J connectivity index is 1.63. The van der Waals surface area contributed by atoms with Crippen LogP contribution in [0.5, 0.6) is 0 Å². The summed E-state index contributed by atoms with van der Waals surface area (Å²) in [5, 5.41) is 7.18. The van der Waals surface area contributed by atoms with Gasteiger partial charge < -0.3 is 10.3 Å². The van der Waals surface area contributed by atoms with Crippen LogP contribution in [0.15, 0.2) is 67.4 Å². The molecule has 0 aliphatic rings. The van der Waals surface area contributed by atoms with E-state index in [2.05, 4.69) is 25.4 Å². The highest BCUT2D eigenvalue weighted by Gasteiger charge is 2.18. The number of H-pyrrole nitrogens is 1. The Kier molecular flexibility index (Phi) is 4.47. The molecule has 4 aromatic heterocycles. The first-order valence-electron chi connectivity index (χ1n) is 9.46. The smallest absolute Gasteiger partial charge is 0.274 e. The van der Waals surface area contributed by atoms with E-state index in [1.807, 2.05) is 12.1 Å². The lowest BCUT2D eigenvalue weighted by atomic mass is 10.0. The quantitative estimate of drug-likeness (QED) is 0.466. The molecule has 0 saturated carbocycles. The van der Waals surface area contributed by atoms with Crippen LogP contribution >= 0.6 is 0 Å². The van der Waals surface area contributed by atoms with Gasteiger partial charge in [-0.25, -0.2) is 23.9 Å². The standard InChI is InChI=1S/C22H16FN7O/c1-13-9-14(4-5-16(13)23)20-21(30-19(29-20)3-2-7-27-30)15-6-8-25-18(10-15)28-22(31)17-11-24-12-26-17/h2-12H,1H3,(H,24,26)(H,25,28,31). The van der Waals surface area contributed by atoms with Crippen molar-refractivity contribution >= 4 is 17.4 Å². The lowest BCUT2D eigenvalue weighted by Crippen LogP contribution is -2.13. The van der Waals surface area contributed by atoms with Crippen molar-refractivity contribution in [2.75, 3.05) is 5.32 Å². The first kappa shape index (κ1) is 18.6. The van der Waals surface area contributed by atoms with Crippen LogP contribution in [0.3, 0.4) is 0 Å². The molecular weight excluding hydrogens is 397 g/mol. The number of amides is 1. The number of imidazole rings is 2. The normalized spacial score (nSPS) is 11.0. The molecule has 9 heteroatoms. The number of aromatic amines is 1. The number of fused-ring (bicyclic) bond motifs is 1. The molecule has 5 aromatic rings. The number of carbonyl (C=O) groups excluding carboxylic acids is 1. The van der Waals surface area contributed by atoms with Crippen LogP contribution in [-0.2, 0) is 0 Å². The number of pyridine rings is 1. The number of nitrogens with one attached hydrogen (secondary N) is 2. The molecule has 0 aliphatic carbocycles. The third kappa shape index (κ3) is 3.42. The van der Waals surface area contributed by atoms with Crippen molar-refractivity contribution in [2.24, 2.45) is 0 Å². The van der Waals surface area contributed by atoms with E-state index in [9.17, 15) is 9.18 Å². The van der Waals surface area contributed by atoms with E-state index in [1.54, 1.807) is 48.1 Å². The predicted molar refractivity (Wildman–Crippen MR) is 113 cm³/mol. The third-order valence-electron chi connectivity index (χ3n) is 4.84. The van der Waals surface area contributed by atoms with E-state index in [4.69, 9.17) is 4.98 Å². The van der Waals surface area contributed by atoms with Crippen molar-refractivity contribution < 1.29 is 9.18 Å². The topological polar surface area (TPSA) is 101 Å². The number of hydrogen-bond donors (Lipinski definition) is 2. The number of aromatic nitrogens is 6. The number of rotatable bonds is 4. The predicted octanol–water partition coefficient (Wildman–Crippen LogP) is 3.88. The fraction of sp³-hybridized carbons (Fsp3) is 0.0455. The molecule has 0 unspecified atom stereocenters. The van der Waals surface area contributed by atoms with Gasteiger partial charge in [-0.1, -0.05) is 0 Å². The number of benzene rings is 1. The monoisotopic (exact) mass is 413 g/mol. The summed E-state index contributed by atoms with van der Waals surface area (Å²) in [5.74, 6) is -0.267. The molecule has 1 amide bonds. The van der Waals surface area contributed by atoms with Gasteiger partial charge in [0.25, 0.3) is 5.91 Å². The summed E-state index contributed by atoms with van der Waals surface area (Å²) in [7, 11) is 0. The molecule has 0 fully saturated rings. The van der Waals surface area contributed by atoms with E-state index >= 15 is 0 Å². The van der Waals surface area contributed by atoms with Crippen LogP contribution in [-0.4, -0.2) is 35.5 Å². The van der Waals surface area contributed by atoms with Crippen molar-refractivity contribution in [3.8, 4) is 22.5 Å². The van der Waals surface area contributed by atoms with Crippen LogP contribution in [0.1, 0.15) is 16.1 Å². The Morgan fingerprint density at radius 2 is 2.03 bits per heavy atom. The second kappa shape index (κ2) is 7.45. The molecule has 0 bridgehead atoms. The number of halogens is 1. The third-order valence-corrected chi connectivity index (χ3v) is 4.84. The minimum atomic E-state index is -0.354. The summed E-state index contributed by atoms with van der Waals surface area (Å²) in [6.07, 6.45) is 6.13. The second-order valence-corrected chi connectivity index (χ2v) is 6.92. The maximum Gasteiger partial charge on any atom is 0.274 e. The number of anilines is 1. The van der Waals surface area contributed by atoms with Crippen LogP contribution < -0.4 is 5.32 Å². The fourth-order valence-electron chi connectivity index (χ4n) is 3.35. The molecule has 4 heterocycles. The first-order valence-corrected chi connectivity index (χ1v) is 9.46. The average Bonchev–Trinajstić information content (AvgIpc) is 3.44. The van der Waals surface area contributed by atoms with Crippen molar-refractivity contribution in [3.63, 3.8) is 0 Å². The van der Waals surface area contributed by atoms with Crippen LogP contribution in [0.25, 0.3) is 28.2 Å². The van der Waals surface area contributed by atoms with Gasteiger partial charge in [-0.2, -0.15) is 5.10 Å². The Bertz CT molecular complexity index is 1410. The number of nitrogens with zero attached hydrogens (tertiary/aromatic N) is 5. The lowest BCUT2D eigenvalue weighted by molar-refractivity contribution is 0.102. The molecule has 0 spiro atoms. The molecule has 2 N–H and O–H groups in total. The number of aryl methyl sites for hydroxylation is 1. The SMILES string of the molecule is Cc1cc(-c2nc3cccnn3c2-c2ccnc(NC(=O)c3cnc[nH]3)c2)ccc1F. The van der Waals surface area contributed by atoms with Gasteiger partial charge in [0.1, 0.15) is 23.0 Å². The van der Waals surface area contributed by atoms with Crippen LogP contribution in [0.4, 0.5) is 10.2 Å². The molecule has 8 nitrogen and oxygen atoms in total. The average molecular weight is 413 g/mol. The highest BCUT2D eigenvalue weighted by atomic mass is 19.1. The van der Waals surface area contributed by atoms with Gasteiger partial charge in [-0.15, -0.1) is 0 Å². The van der Waals surface area contributed by atoms with Crippen molar-refractivity contribution in [1.82, 2.24) is 29.5 Å². The van der Waals surface area contributed by atoms with Gasteiger partial charge in [-0.05, 0) is 55.0 Å². The highest BCUT2D eigenvalue weighted by Crippen LogP contribution is 2.33. The molecule has 152 valence electrons. The Hall–Kier alpha value is -4.40. The van der Waals surface area contributed by atoms with Crippen LogP contribution in [0.2, 0.25) is 0 Å². The summed E-state index contributed by atoms with van der Waals surface area (Å²) in [6.45, 7) is 1.71. The van der Waals surface area contributed by atoms with Crippen molar-refractivity contribution in [1.29, 1.82) is 0 Å². The minimum Gasteiger partial charge on any atom is -0.341 e. The molecule has 0 saturated heterocycles. The zero-order chi connectivity index (χ0) is 21.4. The molecule has 0 atom stereocenters. The highest BCUT2D eigenvalue weighted by molar-refractivity contribution is 6.02. The summed E-state index contributed by atoms with van der Waals surface area (Å²) in [6, 6.07) is 12.1. The Morgan fingerprint density at radius 1 is 1.13 bits per heavy atom. The van der Waals surface area contributed by atoms with E-state index in [0.29, 0.717) is 34.1 Å². The molecule has 1 aromatic carbocycles. The van der Waals surface area contributed by atoms with E-state index in [-0.39, 0.29) is 11.7 Å². The molecular formula is C22H16FN7O. The first-order chi connectivity index (χ1) is 15.1. The number of carbonyl (C=O) groups is 1. The van der Waals surface area contributed by atoms with Gasteiger partial charge in [-0.3, -0.25) is 4.79 Å². The van der Waals surface area contributed by atoms with Crippen molar-refractivity contribution in [2.45, 2.75) is 6.92 Å². The summed E-state index contributed by atoms with van der Waals surface area (Å²) in [4.78, 5) is 27.9. The molecule has 0 aliphatic heterocycles. The van der Waals surface area contributed by atoms with Gasteiger partial charge >= 0.3 is 0 Å². The summed E-state index contributed by atoms with van der Waals surface area (Å²) in [5.41, 5.74) is 4.37. The minimum absolute atomic E-state index is 0.278. The van der Waals surface area contributed by atoms with E-state index in [0.717, 1.165) is 11.1 Å². The number of hydrogen-bond acceptors (Lipinski definition) is 5. The van der Waals surface area contributed by atoms with Gasteiger partial charge in [0.2, 0.25) is 0 Å². The lowest BCUT2D eigenvalue weighted by Gasteiger charge is -2.08. The molecule has 0 radical (unpaired) electrons. The van der Waals surface area contributed by atoms with Crippen molar-refractivity contribution in [3.05, 3.63) is 84.5 Å². The molecule has 5 rings (SSSR count). The van der Waals surface area contributed by atoms with Gasteiger partial charge in [0.15, 0.2) is 5.65 Å². The molecule has 31 heavy (non-hydrogen) atoms. The van der Waals surface area contributed by atoms with E-state index < -0.39 is 0 Å². The van der Waals surface area contributed by atoms with Crippen LogP contribution in [0, 0.1) is 12.7 Å². The Morgan fingerprint density at radius 3 is 2.84 bits per heavy atom. The maximum absolute atomic E-state index is 13.8. The fourth-order valence-corrected chi connectivity index (χ4v) is 3.35. The van der Waals surface area contributed by atoms with Gasteiger partial charge in [0, 0.05) is 23.5 Å². The zero-order valence-corrected chi connectivity index (χ0v) is 16.4. The Labute approximate surface area is 175 Å². The summed E-state index contributed by atoms with van der Waals surface area (Å²) >= 11 is 0. The maximum atomic E-state index is 13.8. The zero-order valence-electron chi connectivity index (χ0n) is 16.4.